The molecular formula is C13H26N2O2S. The molecule has 0 aromatic heterocycles. The maximum Gasteiger partial charge on any atom is 0.142 e. The molecule has 3 unspecified atom stereocenters. The summed E-state index contributed by atoms with van der Waals surface area (Å²) in [6.07, 6.45) is 5.03. The van der Waals surface area contributed by atoms with Crippen LogP contribution < -0.4 is 10.5 Å². The third kappa shape index (κ3) is 2.70. The van der Waals surface area contributed by atoms with E-state index in [1.807, 2.05) is 0 Å². The molecule has 4 nitrogen and oxygen atoms in total. The molecule has 0 saturated carbocycles. The Morgan fingerprint density at radius 2 is 2.17 bits per heavy atom. The fourth-order valence-electron chi connectivity index (χ4n) is 3.37. The average Bonchev–Trinajstić information content (AvgIpc) is 2.72. The molecule has 106 valence electrons. The minimum atomic E-state index is -1.26. The Balaban J connectivity index is 2.07. The highest BCUT2D eigenvalue weighted by molar-refractivity contribution is 7.90. The molecule has 0 aliphatic carbocycles. The summed E-state index contributed by atoms with van der Waals surface area (Å²) in [5, 5.41) is 9.09. The molecule has 2 fully saturated rings. The number of piperidine rings is 1. The Morgan fingerprint density at radius 3 is 2.72 bits per heavy atom. The van der Waals surface area contributed by atoms with Crippen LogP contribution in [0.3, 0.4) is 0 Å². The summed E-state index contributed by atoms with van der Waals surface area (Å²) in [6, 6.07) is 0. The van der Waals surface area contributed by atoms with Crippen LogP contribution in [0.4, 0.5) is 0 Å². The molecule has 0 amide bonds. The Bertz CT molecular complexity index is 282. The summed E-state index contributed by atoms with van der Waals surface area (Å²) in [6.45, 7) is 7.05. The van der Waals surface area contributed by atoms with E-state index in [9.17, 15) is 4.55 Å². The lowest BCUT2D eigenvalue weighted by atomic mass is 9.75. The average molecular weight is 274 g/mol. The van der Waals surface area contributed by atoms with Crippen LogP contribution in [0, 0.1) is 5.92 Å². The standard InChI is InChI=1S/C13H26N2O2S/c1-3-12(2,18(14)16)10-11-4-9-17-13(11)5-7-15-8-6-13/h11,15H,3-10,14H2,1-2H3. The first-order chi connectivity index (χ1) is 8.52. The number of hydrogen-bond acceptors (Lipinski definition) is 4. The van der Waals surface area contributed by atoms with Crippen LogP contribution in [-0.4, -0.2) is 34.6 Å². The summed E-state index contributed by atoms with van der Waals surface area (Å²) in [5.74, 6) is 0.511. The predicted molar refractivity (Wildman–Crippen MR) is 74.5 cm³/mol. The minimum absolute atomic E-state index is 0.0288. The smallest absolute Gasteiger partial charge is 0.142 e. The molecule has 2 aliphatic rings. The topological polar surface area (TPSA) is 70.3 Å². The molecular weight excluding hydrogens is 248 g/mol. The van der Waals surface area contributed by atoms with Crippen molar-refractivity contribution in [2.45, 2.75) is 56.3 Å². The number of nitrogens with two attached hydrogens (primary N) is 1. The van der Waals surface area contributed by atoms with Gasteiger partial charge in [-0.2, -0.15) is 5.14 Å². The van der Waals surface area contributed by atoms with E-state index in [0.717, 1.165) is 51.8 Å². The van der Waals surface area contributed by atoms with Crippen molar-refractivity contribution in [3.8, 4) is 0 Å². The van der Waals surface area contributed by atoms with Crippen molar-refractivity contribution >= 4 is 11.4 Å². The molecule has 2 rings (SSSR count). The number of ether oxygens (including phenoxy) is 1. The van der Waals surface area contributed by atoms with Gasteiger partial charge in [-0.3, -0.25) is 0 Å². The van der Waals surface area contributed by atoms with Crippen molar-refractivity contribution in [2.24, 2.45) is 11.1 Å². The highest BCUT2D eigenvalue weighted by atomic mass is 32.2. The lowest BCUT2D eigenvalue weighted by Crippen LogP contribution is -2.50. The van der Waals surface area contributed by atoms with Crippen molar-refractivity contribution in [2.75, 3.05) is 19.7 Å². The van der Waals surface area contributed by atoms with Crippen LogP contribution >= 0.6 is 0 Å². The summed E-state index contributed by atoms with van der Waals surface area (Å²) in [4.78, 5) is 0. The molecule has 5 heteroatoms. The van der Waals surface area contributed by atoms with Gasteiger partial charge >= 0.3 is 0 Å². The molecule has 0 aromatic rings. The molecule has 0 radical (unpaired) electrons. The molecule has 0 aromatic carbocycles. The fourth-order valence-corrected chi connectivity index (χ4v) is 4.02. The number of rotatable bonds is 4. The Labute approximate surface area is 113 Å². The molecule has 3 atom stereocenters. The van der Waals surface area contributed by atoms with Gasteiger partial charge in [0, 0.05) is 24.4 Å². The van der Waals surface area contributed by atoms with Gasteiger partial charge in [0.25, 0.3) is 0 Å². The lowest BCUT2D eigenvalue weighted by molar-refractivity contribution is -0.0481. The van der Waals surface area contributed by atoms with Crippen LogP contribution in [0.25, 0.3) is 0 Å². The lowest BCUT2D eigenvalue weighted by Gasteiger charge is -2.41. The number of nitrogens with one attached hydrogen (secondary N) is 1. The Morgan fingerprint density at radius 1 is 1.50 bits per heavy atom. The third-order valence-corrected chi connectivity index (χ3v) is 6.39. The van der Waals surface area contributed by atoms with Crippen molar-refractivity contribution in [3.05, 3.63) is 0 Å². The minimum Gasteiger partial charge on any atom is -0.598 e. The number of hydrogen-bond donors (Lipinski definition) is 2. The van der Waals surface area contributed by atoms with Crippen LogP contribution in [0.15, 0.2) is 0 Å². The summed E-state index contributed by atoms with van der Waals surface area (Å²) >= 11 is -1.26. The summed E-state index contributed by atoms with van der Waals surface area (Å²) in [7, 11) is 0. The quantitative estimate of drug-likeness (QED) is 0.759. The van der Waals surface area contributed by atoms with Gasteiger partial charge in [0.05, 0.1) is 5.60 Å². The van der Waals surface area contributed by atoms with Gasteiger partial charge in [-0.1, -0.05) is 6.92 Å². The first kappa shape index (κ1) is 14.6. The van der Waals surface area contributed by atoms with Gasteiger partial charge < -0.3 is 14.6 Å². The van der Waals surface area contributed by atoms with Gasteiger partial charge in [0.2, 0.25) is 0 Å². The molecule has 2 aliphatic heterocycles. The van der Waals surface area contributed by atoms with E-state index in [2.05, 4.69) is 19.2 Å². The van der Waals surface area contributed by atoms with Crippen molar-refractivity contribution in [1.29, 1.82) is 0 Å². The first-order valence-electron chi connectivity index (χ1n) is 7.03. The van der Waals surface area contributed by atoms with E-state index in [0.29, 0.717) is 5.92 Å². The summed E-state index contributed by atoms with van der Waals surface area (Å²) in [5.41, 5.74) is 0.0288. The van der Waals surface area contributed by atoms with Crippen molar-refractivity contribution in [3.63, 3.8) is 0 Å². The normalized spacial score (nSPS) is 32.3. The molecule has 3 N–H and O–H groups in total. The monoisotopic (exact) mass is 274 g/mol. The maximum absolute atomic E-state index is 11.8. The second-order valence-corrected chi connectivity index (χ2v) is 7.53. The summed E-state index contributed by atoms with van der Waals surface area (Å²) < 4.78 is 17.6. The van der Waals surface area contributed by atoms with Crippen molar-refractivity contribution < 1.29 is 9.29 Å². The second-order valence-electron chi connectivity index (χ2n) is 5.95. The van der Waals surface area contributed by atoms with Gasteiger partial charge in [-0.15, -0.1) is 0 Å². The fraction of sp³-hybridized carbons (Fsp3) is 1.00. The van der Waals surface area contributed by atoms with Crippen LogP contribution in [0.1, 0.15) is 46.0 Å². The van der Waals surface area contributed by atoms with E-state index in [4.69, 9.17) is 9.88 Å². The molecule has 18 heavy (non-hydrogen) atoms. The van der Waals surface area contributed by atoms with E-state index in [1.54, 1.807) is 0 Å². The zero-order chi connectivity index (χ0) is 13.2. The highest BCUT2D eigenvalue weighted by Gasteiger charge is 2.49. The molecule has 2 saturated heterocycles. The zero-order valence-electron chi connectivity index (χ0n) is 11.5. The zero-order valence-corrected chi connectivity index (χ0v) is 12.4. The van der Waals surface area contributed by atoms with Gasteiger partial charge in [-0.25, -0.2) is 0 Å². The molecule has 1 spiro atoms. The molecule has 2 heterocycles. The van der Waals surface area contributed by atoms with E-state index in [1.165, 1.54) is 0 Å². The van der Waals surface area contributed by atoms with Crippen molar-refractivity contribution in [1.82, 2.24) is 5.32 Å². The molecule has 0 bridgehead atoms. The Kier molecular flexibility index (Phi) is 4.60. The Hall–Kier alpha value is 0.190. The van der Waals surface area contributed by atoms with E-state index < -0.39 is 11.4 Å². The SMILES string of the molecule is CCC(C)(CC1CCOC12CCNCC2)[S+](N)[O-]. The first-order valence-corrected chi connectivity index (χ1v) is 8.25. The predicted octanol–water partition coefficient (Wildman–Crippen LogP) is 1.33. The van der Waals surface area contributed by atoms with Gasteiger partial charge in [-0.05, 0) is 51.6 Å². The van der Waals surface area contributed by atoms with E-state index >= 15 is 0 Å². The van der Waals surface area contributed by atoms with Crippen LogP contribution in [-0.2, 0) is 16.1 Å². The van der Waals surface area contributed by atoms with E-state index in [-0.39, 0.29) is 10.3 Å². The maximum atomic E-state index is 11.8. The second kappa shape index (κ2) is 5.67. The third-order valence-electron chi connectivity index (χ3n) is 4.96. The van der Waals surface area contributed by atoms with Gasteiger partial charge in [0.15, 0.2) is 0 Å². The van der Waals surface area contributed by atoms with Crippen LogP contribution in [0.5, 0.6) is 0 Å². The van der Waals surface area contributed by atoms with Gasteiger partial charge in [0.1, 0.15) is 4.75 Å². The highest BCUT2D eigenvalue weighted by Crippen LogP contribution is 2.44. The largest absolute Gasteiger partial charge is 0.598 e. The van der Waals surface area contributed by atoms with Crippen LogP contribution in [0.2, 0.25) is 0 Å².